The van der Waals surface area contributed by atoms with Crippen LogP contribution in [0.1, 0.15) is 24.0 Å². The summed E-state index contributed by atoms with van der Waals surface area (Å²) in [5.41, 5.74) is 4.08. The zero-order chi connectivity index (χ0) is 17.8. The minimum atomic E-state index is -0.171. The zero-order valence-corrected chi connectivity index (χ0v) is 17.7. The molecule has 0 unspecified atom stereocenters. The summed E-state index contributed by atoms with van der Waals surface area (Å²) >= 11 is 0. The van der Waals surface area contributed by atoms with Gasteiger partial charge in [-0.2, -0.15) is 0 Å². The molecule has 6 heteroatoms. The molecule has 1 aliphatic heterocycles. The Labute approximate surface area is 179 Å². The van der Waals surface area contributed by atoms with Crippen molar-refractivity contribution in [2.75, 3.05) is 44.2 Å². The normalized spacial score (nSPS) is 16.1. The lowest BCUT2D eigenvalue weighted by Gasteiger charge is -2.36. The number of hydrogen-bond acceptors (Lipinski definition) is 3. The van der Waals surface area contributed by atoms with Gasteiger partial charge in [0.1, 0.15) is 11.6 Å². The van der Waals surface area contributed by atoms with Crippen LogP contribution in [0.2, 0.25) is 0 Å². The molecule has 0 bridgehead atoms. The molecule has 2 aliphatic rings. The smallest absolute Gasteiger partial charge is 0.123 e. The Morgan fingerprint density at radius 2 is 1.57 bits per heavy atom. The maximum atomic E-state index is 13.0. The second-order valence-corrected chi connectivity index (χ2v) is 7.29. The number of piperazine rings is 1. The lowest BCUT2D eigenvalue weighted by atomic mass is 10.1. The molecule has 0 N–H and O–H groups in total. The van der Waals surface area contributed by atoms with Gasteiger partial charge in [0, 0.05) is 38.4 Å². The molecule has 2 aromatic rings. The van der Waals surface area contributed by atoms with E-state index in [0.717, 1.165) is 57.2 Å². The van der Waals surface area contributed by atoms with Crippen molar-refractivity contribution in [2.24, 2.45) is 0 Å². The molecule has 154 valence electrons. The van der Waals surface area contributed by atoms with Crippen LogP contribution < -0.4 is 9.64 Å². The fraction of sp³-hybridized carbons (Fsp3) is 0.455. The molecule has 2 aromatic carbocycles. The van der Waals surface area contributed by atoms with E-state index < -0.39 is 0 Å². The van der Waals surface area contributed by atoms with Crippen LogP contribution in [0.3, 0.4) is 0 Å². The van der Waals surface area contributed by atoms with Gasteiger partial charge in [-0.15, -0.1) is 24.8 Å². The number of halogens is 3. The predicted octanol–water partition coefficient (Wildman–Crippen LogP) is 4.75. The number of aryl methyl sites for hydroxylation is 2. The Morgan fingerprint density at radius 1 is 0.857 bits per heavy atom. The maximum absolute atomic E-state index is 13.0. The van der Waals surface area contributed by atoms with Crippen molar-refractivity contribution in [3.8, 4) is 5.75 Å². The van der Waals surface area contributed by atoms with E-state index in [-0.39, 0.29) is 30.6 Å². The van der Waals surface area contributed by atoms with Crippen LogP contribution in [0.15, 0.2) is 42.5 Å². The summed E-state index contributed by atoms with van der Waals surface area (Å²) in [4.78, 5) is 4.82. The number of fused-ring (bicyclic) bond motifs is 1. The molecule has 0 radical (unpaired) electrons. The molecule has 1 heterocycles. The van der Waals surface area contributed by atoms with Crippen molar-refractivity contribution in [3.05, 3.63) is 59.4 Å². The van der Waals surface area contributed by atoms with Crippen molar-refractivity contribution in [2.45, 2.75) is 25.7 Å². The minimum Gasteiger partial charge on any atom is -0.494 e. The zero-order valence-electron chi connectivity index (χ0n) is 16.1. The van der Waals surface area contributed by atoms with Crippen LogP contribution in [0.25, 0.3) is 0 Å². The van der Waals surface area contributed by atoms with Gasteiger partial charge in [-0.3, -0.25) is 4.90 Å². The molecule has 0 spiro atoms. The number of benzene rings is 2. The third kappa shape index (κ3) is 5.76. The van der Waals surface area contributed by atoms with Crippen LogP contribution in [0, 0.1) is 5.82 Å². The first-order valence-electron chi connectivity index (χ1n) is 9.75. The average Bonchev–Trinajstić information content (AvgIpc) is 3.14. The van der Waals surface area contributed by atoms with Crippen molar-refractivity contribution in [1.29, 1.82) is 0 Å². The molecular formula is C22H29Cl2FN2O. The van der Waals surface area contributed by atoms with Crippen molar-refractivity contribution in [3.63, 3.8) is 0 Å². The van der Waals surface area contributed by atoms with Gasteiger partial charge < -0.3 is 9.64 Å². The first-order chi connectivity index (χ1) is 12.8. The fourth-order valence-electron chi connectivity index (χ4n) is 4.00. The molecule has 1 fully saturated rings. The predicted molar refractivity (Wildman–Crippen MR) is 118 cm³/mol. The van der Waals surface area contributed by atoms with E-state index in [4.69, 9.17) is 4.74 Å². The Balaban J connectivity index is 0.00000140. The Kier molecular flexibility index (Phi) is 8.87. The second kappa shape index (κ2) is 10.9. The Morgan fingerprint density at radius 3 is 2.32 bits per heavy atom. The molecule has 1 aliphatic carbocycles. The van der Waals surface area contributed by atoms with Gasteiger partial charge in [0.2, 0.25) is 0 Å². The molecule has 0 aromatic heterocycles. The van der Waals surface area contributed by atoms with E-state index in [9.17, 15) is 4.39 Å². The number of ether oxygens (including phenoxy) is 1. The van der Waals surface area contributed by atoms with Crippen molar-refractivity contribution >= 4 is 30.5 Å². The maximum Gasteiger partial charge on any atom is 0.123 e. The van der Waals surface area contributed by atoms with Gasteiger partial charge in [-0.05, 0) is 73.2 Å². The van der Waals surface area contributed by atoms with Crippen LogP contribution >= 0.6 is 24.8 Å². The van der Waals surface area contributed by atoms with E-state index in [2.05, 4.69) is 28.0 Å². The third-order valence-corrected chi connectivity index (χ3v) is 5.52. The van der Waals surface area contributed by atoms with Gasteiger partial charge in [0.25, 0.3) is 0 Å². The number of rotatable bonds is 6. The van der Waals surface area contributed by atoms with Crippen molar-refractivity contribution < 1.29 is 9.13 Å². The summed E-state index contributed by atoms with van der Waals surface area (Å²) in [6, 6.07) is 13.4. The molecule has 0 saturated carbocycles. The molecule has 0 atom stereocenters. The summed E-state index contributed by atoms with van der Waals surface area (Å²) < 4.78 is 19.0. The monoisotopic (exact) mass is 426 g/mol. The van der Waals surface area contributed by atoms with Gasteiger partial charge in [-0.1, -0.05) is 6.07 Å². The number of nitrogens with zero attached hydrogens (tertiary/aromatic N) is 2. The lowest BCUT2D eigenvalue weighted by molar-refractivity contribution is 0.224. The molecule has 4 rings (SSSR count). The topological polar surface area (TPSA) is 15.7 Å². The van der Waals surface area contributed by atoms with E-state index in [1.54, 1.807) is 0 Å². The first-order valence-corrected chi connectivity index (χ1v) is 9.75. The van der Waals surface area contributed by atoms with Crippen molar-refractivity contribution in [1.82, 2.24) is 4.90 Å². The summed E-state index contributed by atoms with van der Waals surface area (Å²) in [7, 11) is 0. The highest BCUT2D eigenvalue weighted by Gasteiger charge is 2.17. The van der Waals surface area contributed by atoms with Gasteiger partial charge in [0.05, 0.1) is 6.61 Å². The highest BCUT2D eigenvalue weighted by Crippen LogP contribution is 2.26. The standard InChI is InChI=1S/C22H27FN2O.2ClH/c23-20-6-8-21(9-7-20)25-14-12-24(13-15-25)11-2-16-26-22-10-5-18-3-1-4-19(18)17-22;;/h5-10,17H,1-4,11-16H2;2*1H. The summed E-state index contributed by atoms with van der Waals surface area (Å²) in [5.74, 6) is 0.850. The lowest BCUT2D eigenvalue weighted by Crippen LogP contribution is -2.46. The highest BCUT2D eigenvalue weighted by atomic mass is 35.5. The van der Waals surface area contributed by atoms with Gasteiger partial charge in [0.15, 0.2) is 0 Å². The average molecular weight is 427 g/mol. The number of anilines is 1. The third-order valence-electron chi connectivity index (χ3n) is 5.52. The first kappa shape index (κ1) is 22.8. The molecule has 28 heavy (non-hydrogen) atoms. The SMILES string of the molecule is Cl.Cl.Fc1ccc(N2CCN(CCCOc3ccc4c(c3)CCC4)CC2)cc1. The Hall–Kier alpha value is -1.49. The quantitative estimate of drug-likeness (QED) is 0.619. The van der Waals surface area contributed by atoms with E-state index in [0.29, 0.717) is 0 Å². The van der Waals surface area contributed by atoms with Gasteiger partial charge in [-0.25, -0.2) is 4.39 Å². The second-order valence-electron chi connectivity index (χ2n) is 7.29. The van der Waals surface area contributed by atoms with Gasteiger partial charge >= 0.3 is 0 Å². The Bertz CT molecular complexity index is 734. The molecular weight excluding hydrogens is 398 g/mol. The largest absolute Gasteiger partial charge is 0.494 e. The van der Waals surface area contributed by atoms with E-state index in [1.165, 1.54) is 42.5 Å². The molecule has 0 amide bonds. The summed E-state index contributed by atoms with van der Waals surface area (Å²) in [6.07, 6.45) is 4.75. The van der Waals surface area contributed by atoms with Crippen LogP contribution in [-0.4, -0.2) is 44.2 Å². The summed E-state index contributed by atoms with van der Waals surface area (Å²) in [6.45, 7) is 5.94. The summed E-state index contributed by atoms with van der Waals surface area (Å²) in [5, 5.41) is 0. The molecule has 3 nitrogen and oxygen atoms in total. The number of hydrogen-bond donors (Lipinski definition) is 0. The van der Waals surface area contributed by atoms with E-state index in [1.807, 2.05) is 12.1 Å². The fourth-order valence-corrected chi connectivity index (χ4v) is 4.00. The van der Waals surface area contributed by atoms with E-state index >= 15 is 0 Å². The van der Waals surface area contributed by atoms with Crippen LogP contribution in [0.4, 0.5) is 10.1 Å². The highest BCUT2D eigenvalue weighted by molar-refractivity contribution is 5.85. The van der Waals surface area contributed by atoms with Crippen LogP contribution in [0.5, 0.6) is 5.75 Å². The molecule has 1 saturated heterocycles. The minimum absolute atomic E-state index is 0. The van der Waals surface area contributed by atoms with Crippen LogP contribution in [-0.2, 0) is 12.8 Å².